The number of nitrogens with zero attached hydrogens (tertiary/aromatic N) is 2. The van der Waals surface area contributed by atoms with Crippen molar-refractivity contribution in [2.24, 2.45) is 0 Å². The number of carboxylic acids is 1. The summed E-state index contributed by atoms with van der Waals surface area (Å²) < 4.78 is 25.7. The number of aliphatic hydroxyl groups is 1. The lowest BCUT2D eigenvalue weighted by Crippen LogP contribution is -2.40. The number of halogens is 1. The number of rotatable bonds is 3. The average molecular weight is 331 g/mol. The van der Waals surface area contributed by atoms with Crippen molar-refractivity contribution in [1.82, 2.24) is 4.31 Å². The van der Waals surface area contributed by atoms with Crippen LogP contribution in [-0.4, -0.2) is 47.6 Å². The van der Waals surface area contributed by atoms with Crippen molar-refractivity contribution in [2.45, 2.75) is 23.5 Å². The highest BCUT2D eigenvalue weighted by Gasteiger charge is 2.44. The van der Waals surface area contributed by atoms with E-state index in [0.717, 1.165) is 6.07 Å². The molecule has 0 saturated carbocycles. The van der Waals surface area contributed by atoms with Gasteiger partial charge in [0.15, 0.2) is 0 Å². The summed E-state index contributed by atoms with van der Waals surface area (Å²) in [6.07, 6.45) is -1.22. The molecule has 2 atom stereocenters. The molecular formula is C12H11ClN2O5S. The van der Waals surface area contributed by atoms with Crippen LogP contribution in [0, 0.1) is 11.3 Å². The fourth-order valence-electron chi connectivity index (χ4n) is 2.18. The average Bonchev–Trinajstić information content (AvgIpc) is 2.81. The fourth-order valence-corrected chi connectivity index (χ4v) is 4.33. The van der Waals surface area contributed by atoms with Crippen LogP contribution in [0.15, 0.2) is 23.1 Å². The first kappa shape index (κ1) is 15.7. The molecule has 0 amide bonds. The number of aliphatic hydroxyl groups excluding tert-OH is 1. The highest BCUT2D eigenvalue weighted by Crippen LogP contribution is 2.31. The van der Waals surface area contributed by atoms with Gasteiger partial charge in [-0.05, 0) is 18.2 Å². The minimum Gasteiger partial charge on any atom is -0.480 e. The van der Waals surface area contributed by atoms with E-state index in [9.17, 15) is 18.3 Å². The van der Waals surface area contributed by atoms with Gasteiger partial charge in [-0.15, -0.1) is 0 Å². The van der Waals surface area contributed by atoms with E-state index in [0.29, 0.717) is 4.31 Å². The molecule has 2 N–H and O–H groups in total. The van der Waals surface area contributed by atoms with E-state index in [1.165, 1.54) is 12.1 Å². The number of hydrogen-bond donors (Lipinski definition) is 2. The molecule has 7 nitrogen and oxygen atoms in total. The number of β-amino-alcohol motifs (C(OH)–C–C–N with tert-alkyl or cyclic N) is 1. The number of sulfonamides is 1. The van der Waals surface area contributed by atoms with E-state index >= 15 is 0 Å². The quantitative estimate of drug-likeness (QED) is 0.829. The maximum Gasteiger partial charge on any atom is 0.322 e. The zero-order valence-corrected chi connectivity index (χ0v) is 12.2. The van der Waals surface area contributed by atoms with E-state index in [1.807, 2.05) is 6.07 Å². The van der Waals surface area contributed by atoms with Crippen LogP contribution in [0.5, 0.6) is 0 Å². The molecule has 1 fully saturated rings. The molecule has 0 aliphatic carbocycles. The Balaban J connectivity index is 2.47. The highest BCUT2D eigenvalue weighted by molar-refractivity contribution is 7.89. The molecule has 1 aromatic rings. The first-order chi connectivity index (χ1) is 9.77. The van der Waals surface area contributed by atoms with Gasteiger partial charge in [0.05, 0.1) is 22.8 Å². The van der Waals surface area contributed by atoms with Gasteiger partial charge in [0, 0.05) is 13.0 Å². The second-order valence-corrected chi connectivity index (χ2v) is 6.84. The van der Waals surface area contributed by atoms with E-state index < -0.39 is 28.1 Å². The highest BCUT2D eigenvalue weighted by atomic mass is 35.5. The van der Waals surface area contributed by atoms with Crippen LogP contribution in [0.25, 0.3) is 0 Å². The van der Waals surface area contributed by atoms with Crippen molar-refractivity contribution in [1.29, 1.82) is 5.26 Å². The molecule has 1 heterocycles. The molecule has 0 spiro atoms. The summed E-state index contributed by atoms with van der Waals surface area (Å²) >= 11 is 5.87. The smallest absolute Gasteiger partial charge is 0.322 e. The lowest BCUT2D eigenvalue weighted by atomic mass is 10.2. The van der Waals surface area contributed by atoms with Gasteiger partial charge in [-0.1, -0.05) is 11.6 Å². The molecule has 1 saturated heterocycles. The van der Waals surface area contributed by atoms with E-state index in [1.54, 1.807) is 0 Å². The molecule has 2 unspecified atom stereocenters. The maximum atomic E-state index is 12.5. The van der Waals surface area contributed by atoms with Crippen LogP contribution in [-0.2, 0) is 14.8 Å². The molecule has 0 aromatic heterocycles. The monoisotopic (exact) mass is 330 g/mol. The molecule has 112 valence electrons. The van der Waals surface area contributed by atoms with Crippen LogP contribution in [0.2, 0.25) is 5.02 Å². The fraction of sp³-hybridized carbons (Fsp3) is 0.333. The van der Waals surface area contributed by atoms with Gasteiger partial charge >= 0.3 is 5.97 Å². The van der Waals surface area contributed by atoms with Crippen molar-refractivity contribution in [3.63, 3.8) is 0 Å². The minimum absolute atomic E-state index is 0.167. The maximum absolute atomic E-state index is 12.5. The zero-order chi connectivity index (χ0) is 15.8. The number of carbonyl (C=O) groups is 1. The Morgan fingerprint density at radius 1 is 1.48 bits per heavy atom. The first-order valence-electron chi connectivity index (χ1n) is 5.89. The Hall–Kier alpha value is -1.66. The van der Waals surface area contributed by atoms with Crippen molar-refractivity contribution in [3.05, 3.63) is 28.8 Å². The van der Waals surface area contributed by atoms with Crippen LogP contribution in [0.4, 0.5) is 0 Å². The summed E-state index contributed by atoms with van der Waals surface area (Å²) in [6, 6.07) is 4.11. The molecule has 0 bridgehead atoms. The van der Waals surface area contributed by atoms with E-state index in [4.69, 9.17) is 22.0 Å². The summed E-state index contributed by atoms with van der Waals surface area (Å²) in [5.74, 6) is -1.33. The summed E-state index contributed by atoms with van der Waals surface area (Å²) in [4.78, 5) is 10.8. The molecular weight excluding hydrogens is 320 g/mol. The van der Waals surface area contributed by atoms with Crippen LogP contribution in [0.3, 0.4) is 0 Å². The van der Waals surface area contributed by atoms with Crippen molar-refractivity contribution < 1.29 is 23.4 Å². The number of carboxylic acid groups (broad SMARTS) is 1. The Morgan fingerprint density at radius 2 is 2.14 bits per heavy atom. The van der Waals surface area contributed by atoms with Gasteiger partial charge < -0.3 is 10.2 Å². The summed E-state index contributed by atoms with van der Waals surface area (Å²) in [6.45, 7) is -0.310. The third-order valence-electron chi connectivity index (χ3n) is 3.17. The van der Waals surface area contributed by atoms with Crippen LogP contribution < -0.4 is 0 Å². The standard InChI is InChI=1S/C12H11ClN2O5S/c13-9-3-7(5-14)1-2-11(9)21(19,20)15-6-8(16)4-10(15)12(17)18/h1-3,8,10,16H,4,6H2,(H,17,18). The summed E-state index contributed by atoms with van der Waals surface area (Å²) in [5.41, 5.74) is 0.190. The van der Waals surface area contributed by atoms with Gasteiger partial charge in [0.2, 0.25) is 10.0 Å². The third-order valence-corrected chi connectivity index (χ3v) is 5.52. The van der Waals surface area contributed by atoms with E-state index in [-0.39, 0.29) is 28.4 Å². The van der Waals surface area contributed by atoms with E-state index in [2.05, 4.69) is 0 Å². The Morgan fingerprint density at radius 3 is 2.67 bits per heavy atom. The molecule has 2 rings (SSSR count). The predicted octanol–water partition coefficient (Wildman–Crippen LogP) is 0.420. The van der Waals surface area contributed by atoms with Crippen molar-refractivity contribution in [3.8, 4) is 6.07 Å². The lowest BCUT2D eigenvalue weighted by molar-refractivity contribution is -0.140. The Bertz CT molecular complexity index is 728. The molecule has 1 aromatic carbocycles. The number of benzene rings is 1. The number of hydrogen-bond acceptors (Lipinski definition) is 5. The molecule has 1 aliphatic heterocycles. The molecule has 9 heteroatoms. The summed E-state index contributed by atoms with van der Waals surface area (Å²) in [5, 5.41) is 27.2. The first-order valence-corrected chi connectivity index (χ1v) is 7.71. The number of nitriles is 1. The van der Waals surface area contributed by atoms with Gasteiger partial charge in [-0.3, -0.25) is 4.79 Å². The predicted molar refractivity (Wildman–Crippen MR) is 72.1 cm³/mol. The van der Waals surface area contributed by atoms with Crippen molar-refractivity contribution in [2.75, 3.05) is 6.54 Å². The van der Waals surface area contributed by atoms with Gasteiger partial charge in [-0.2, -0.15) is 9.57 Å². The third kappa shape index (κ3) is 2.87. The van der Waals surface area contributed by atoms with Gasteiger partial charge in [0.25, 0.3) is 0 Å². The second-order valence-electron chi connectivity index (χ2n) is 4.58. The van der Waals surface area contributed by atoms with Gasteiger partial charge in [-0.25, -0.2) is 8.42 Å². The van der Waals surface area contributed by atoms with Crippen LogP contribution >= 0.6 is 11.6 Å². The molecule has 1 aliphatic rings. The summed E-state index contributed by atoms with van der Waals surface area (Å²) in [7, 11) is -4.17. The minimum atomic E-state index is -4.17. The number of aliphatic carboxylic acids is 1. The van der Waals surface area contributed by atoms with Gasteiger partial charge in [0.1, 0.15) is 10.9 Å². The SMILES string of the molecule is N#Cc1ccc(S(=O)(=O)N2CC(O)CC2C(=O)O)c(Cl)c1. The zero-order valence-electron chi connectivity index (χ0n) is 10.6. The van der Waals surface area contributed by atoms with Crippen molar-refractivity contribution >= 4 is 27.6 Å². The molecule has 21 heavy (non-hydrogen) atoms. The van der Waals surface area contributed by atoms with Crippen LogP contribution in [0.1, 0.15) is 12.0 Å². The second kappa shape index (κ2) is 5.61. The Kier molecular flexibility index (Phi) is 4.20. The topological polar surface area (TPSA) is 119 Å². The lowest BCUT2D eigenvalue weighted by Gasteiger charge is -2.21. The molecule has 0 radical (unpaired) electrons. The Labute approximate surface area is 126 Å². The largest absolute Gasteiger partial charge is 0.480 e. The normalized spacial score (nSPS) is 22.9.